The summed E-state index contributed by atoms with van der Waals surface area (Å²) in [5.41, 5.74) is 1.43. The van der Waals surface area contributed by atoms with Crippen LogP contribution in [-0.2, 0) is 10.0 Å². The Morgan fingerprint density at radius 2 is 1.57 bits per heavy atom. The van der Waals surface area contributed by atoms with E-state index >= 15 is 0 Å². The molecule has 2 aromatic heterocycles. The molecule has 0 aliphatic heterocycles. The predicted molar refractivity (Wildman–Crippen MR) is 89.5 cm³/mol. The van der Waals surface area contributed by atoms with Crippen molar-refractivity contribution < 1.29 is 8.42 Å². The van der Waals surface area contributed by atoms with E-state index in [-0.39, 0.29) is 4.90 Å². The Morgan fingerprint density at radius 1 is 0.905 bits per heavy atom. The van der Waals surface area contributed by atoms with E-state index < -0.39 is 10.0 Å². The standard InChI is InChI=1S/C14H10ClNO2S3/c15-11-6-8-20-14(11)13-10(5-7-19-13)9-3-1-2-4-12(9)21(16,17)18/h1-8H,(H2,16,17,18). The van der Waals surface area contributed by atoms with Crippen molar-refractivity contribution in [3.8, 4) is 20.9 Å². The smallest absolute Gasteiger partial charge is 0.225 e. The lowest BCUT2D eigenvalue weighted by atomic mass is 10.1. The lowest BCUT2D eigenvalue weighted by Crippen LogP contribution is -2.13. The summed E-state index contributed by atoms with van der Waals surface area (Å²) in [7, 11) is -3.78. The molecule has 0 fully saturated rings. The third kappa shape index (κ3) is 2.77. The van der Waals surface area contributed by atoms with E-state index in [0.717, 1.165) is 15.3 Å². The quantitative estimate of drug-likeness (QED) is 0.754. The number of halogens is 1. The highest BCUT2D eigenvalue weighted by Gasteiger charge is 2.19. The van der Waals surface area contributed by atoms with Crippen LogP contribution < -0.4 is 5.14 Å². The molecule has 0 atom stereocenters. The maximum atomic E-state index is 11.8. The molecule has 0 bridgehead atoms. The monoisotopic (exact) mass is 355 g/mol. The van der Waals surface area contributed by atoms with E-state index in [1.165, 1.54) is 28.7 Å². The van der Waals surface area contributed by atoms with E-state index in [9.17, 15) is 8.42 Å². The van der Waals surface area contributed by atoms with Crippen LogP contribution in [0.15, 0.2) is 52.1 Å². The molecule has 21 heavy (non-hydrogen) atoms. The van der Waals surface area contributed by atoms with Crippen LogP contribution in [0.5, 0.6) is 0 Å². The number of hydrogen-bond acceptors (Lipinski definition) is 4. The zero-order valence-corrected chi connectivity index (χ0v) is 13.8. The van der Waals surface area contributed by atoms with Crippen molar-refractivity contribution in [2.75, 3.05) is 0 Å². The second-order valence-corrected chi connectivity index (χ2v) is 8.07. The van der Waals surface area contributed by atoms with Gasteiger partial charge in [-0.15, -0.1) is 22.7 Å². The number of benzene rings is 1. The van der Waals surface area contributed by atoms with Crippen molar-refractivity contribution >= 4 is 44.3 Å². The van der Waals surface area contributed by atoms with Gasteiger partial charge in [-0.3, -0.25) is 0 Å². The lowest BCUT2D eigenvalue weighted by Gasteiger charge is -2.08. The maximum Gasteiger partial charge on any atom is 0.238 e. The molecule has 7 heteroatoms. The van der Waals surface area contributed by atoms with Gasteiger partial charge < -0.3 is 0 Å². The molecule has 0 radical (unpaired) electrons. The summed E-state index contributed by atoms with van der Waals surface area (Å²) in [6, 6.07) is 10.4. The largest absolute Gasteiger partial charge is 0.238 e. The van der Waals surface area contributed by atoms with E-state index in [1.54, 1.807) is 18.2 Å². The first-order valence-corrected chi connectivity index (χ1v) is 9.60. The number of rotatable bonds is 3. The predicted octanol–water partition coefficient (Wildman–Crippen LogP) is 4.44. The molecule has 2 heterocycles. The van der Waals surface area contributed by atoms with Crippen molar-refractivity contribution in [2.24, 2.45) is 5.14 Å². The van der Waals surface area contributed by atoms with Crippen LogP contribution in [0.2, 0.25) is 5.02 Å². The van der Waals surface area contributed by atoms with Gasteiger partial charge in [0.15, 0.2) is 0 Å². The van der Waals surface area contributed by atoms with Crippen molar-refractivity contribution in [2.45, 2.75) is 4.90 Å². The van der Waals surface area contributed by atoms with Gasteiger partial charge in [-0.1, -0.05) is 29.8 Å². The molecule has 0 amide bonds. The molecule has 0 saturated heterocycles. The fraction of sp³-hybridized carbons (Fsp3) is 0. The zero-order chi connectivity index (χ0) is 15.0. The molecule has 2 N–H and O–H groups in total. The van der Waals surface area contributed by atoms with Gasteiger partial charge in [-0.2, -0.15) is 0 Å². The van der Waals surface area contributed by atoms with Crippen LogP contribution in [0.4, 0.5) is 0 Å². The highest BCUT2D eigenvalue weighted by Crippen LogP contribution is 2.44. The van der Waals surface area contributed by atoms with Crippen LogP contribution >= 0.6 is 34.3 Å². The number of thiophene rings is 2. The number of primary sulfonamides is 1. The molecule has 3 nitrogen and oxygen atoms in total. The summed E-state index contributed by atoms with van der Waals surface area (Å²) < 4.78 is 23.5. The number of sulfonamides is 1. The van der Waals surface area contributed by atoms with E-state index in [0.29, 0.717) is 10.6 Å². The molecule has 0 saturated carbocycles. The molecule has 1 aromatic carbocycles. The summed E-state index contributed by atoms with van der Waals surface area (Å²) in [6.45, 7) is 0. The van der Waals surface area contributed by atoms with Gasteiger partial charge in [-0.25, -0.2) is 13.6 Å². The maximum absolute atomic E-state index is 11.8. The topological polar surface area (TPSA) is 60.2 Å². The molecule has 3 aromatic rings. The minimum absolute atomic E-state index is 0.123. The summed E-state index contributed by atoms with van der Waals surface area (Å²) in [5, 5.41) is 9.80. The third-order valence-electron chi connectivity index (χ3n) is 2.97. The summed E-state index contributed by atoms with van der Waals surface area (Å²) >= 11 is 9.25. The minimum Gasteiger partial charge on any atom is -0.225 e. The van der Waals surface area contributed by atoms with Gasteiger partial charge in [0.2, 0.25) is 10.0 Å². The first kappa shape index (κ1) is 14.7. The van der Waals surface area contributed by atoms with Crippen molar-refractivity contribution in [1.82, 2.24) is 0 Å². The molecular formula is C14H10ClNO2S3. The van der Waals surface area contributed by atoms with E-state index in [2.05, 4.69) is 0 Å². The van der Waals surface area contributed by atoms with Crippen LogP contribution in [0.25, 0.3) is 20.9 Å². The SMILES string of the molecule is NS(=O)(=O)c1ccccc1-c1ccsc1-c1sccc1Cl. The fourth-order valence-corrected chi connectivity index (χ4v) is 5.15. The Hall–Kier alpha value is -1.18. The average Bonchev–Trinajstić information content (AvgIpc) is 3.05. The molecule has 0 aliphatic rings. The molecule has 108 valence electrons. The van der Waals surface area contributed by atoms with Gasteiger partial charge in [0.25, 0.3) is 0 Å². The number of hydrogen-bond donors (Lipinski definition) is 1. The molecular weight excluding hydrogens is 346 g/mol. The van der Waals surface area contributed by atoms with Crippen molar-refractivity contribution in [3.05, 3.63) is 52.2 Å². The number of nitrogens with two attached hydrogens (primary N) is 1. The first-order chi connectivity index (χ1) is 9.98. The molecule has 0 unspecified atom stereocenters. The van der Waals surface area contributed by atoms with Gasteiger partial charge in [0.05, 0.1) is 19.7 Å². The Balaban J connectivity index is 2.25. The minimum atomic E-state index is -3.78. The molecule has 3 rings (SSSR count). The third-order valence-corrected chi connectivity index (χ3v) is 6.36. The highest BCUT2D eigenvalue weighted by molar-refractivity contribution is 7.89. The van der Waals surface area contributed by atoms with Gasteiger partial charge >= 0.3 is 0 Å². The lowest BCUT2D eigenvalue weighted by molar-refractivity contribution is 0.598. The Kier molecular flexibility index (Phi) is 3.90. The van der Waals surface area contributed by atoms with Crippen molar-refractivity contribution in [1.29, 1.82) is 0 Å². The second kappa shape index (κ2) is 5.55. The van der Waals surface area contributed by atoms with Crippen LogP contribution in [0.3, 0.4) is 0 Å². The molecule has 0 aliphatic carbocycles. The van der Waals surface area contributed by atoms with Crippen LogP contribution in [-0.4, -0.2) is 8.42 Å². The summed E-state index contributed by atoms with van der Waals surface area (Å²) in [4.78, 5) is 2.01. The Bertz CT molecular complexity index is 896. The van der Waals surface area contributed by atoms with E-state index in [1.807, 2.05) is 22.9 Å². The van der Waals surface area contributed by atoms with Crippen LogP contribution in [0.1, 0.15) is 0 Å². The fourth-order valence-electron chi connectivity index (χ4n) is 2.09. The van der Waals surface area contributed by atoms with Gasteiger partial charge in [0, 0.05) is 11.1 Å². The van der Waals surface area contributed by atoms with Crippen LogP contribution in [0, 0.1) is 0 Å². The van der Waals surface area contributed by atoms with Gasteiger partial charge in [-0.05, 0) is 29.0 Å². The first-order valence-electron chi connectivity index (χ1n) is 5.91. The summed E-state index contributed by atoms with van der Waals surface area (Å²) in [6.07, 6.45) is 0. The highest BCUT2D eigenvalue weighted by atomic mass is 35.5. The van der Waals surface area contributed by atoms with Crippen molar-refractivity contribution in [3.63, 3.8) is 0 Å². The average molecular weight is 356 g/mol. The van der Waals surface area contributed by atoms with E-state index in [4.69, 9.17) is 16.7 Å². The molecule has 0 spiro atoms. The zero-order valence-electron chi connectivity index (χ0n) is 10.6. The van der Waals surface area contributed by atoms with Gasteiger partial charge in [0.1, 0.15) is 0 Å². The Labute approximate surface area is 135 Å². The normalized spacial score (nSPS) is 11.7. The second-order valence-electron chi connectivity index (χ2n) is 4.30. The summed E-state index contributed by atoms with van der Waals surface area (Å²) in [5.74, 6) is 0. The Morgan fingerprint density at radius 3 is 2.24 bits per heavy atom.